The molecule has 3 amide bonds. The first kappa shape index (κ1) is 28.9. The van der Waals surface area contributed by atoms with E-state index in [1.807, 2.05) is 33.3 Å². The van der Waals surface area contributed by atoms with Gasteiger partial charge in [-0.1, -0.05) is 53.7 Å². The van der Waals surface area contributed by atoms with Gasteiger partial charge < -0.3 is 15.5 Å². The fourth-order valence-corrected chi connectivity index (χ4v) is 7.80. The summed E-state index contributed by atoms with van der Waals surface area (Å²) in [7, 11) is 3.96. The second-order valence-corrected chi connectivity index (χ2v) is 12.6. The molecule has 0 spiro atoms. The third-order valence-corrected chi connectivity index (χ3v) is 9.90. The molecule has 2 aliphatic heterocycles. The molecule has 0 saturated carbocycles. The number of amides is 3. The molecule has 2 aliphatic rings. The average Bonchev–Trinajstić information content (AvgIpc) is 3.35. The fraction of sp³-hybridized carbons (Fsp3) is 0.909. The number of hydrogen-bond acceptors (Lipinski definition) is 8. The highest BCUT2D eigenvalue weighted by atomic mass is 33.1. The van der Waals surface area contributed by atoms with Crippen LogP contribution in [-0.2, 0) is 14.5 Å². The molecule has 0 aromatic carbocycles. The highest BCUT2D eigenvalue weighted by Gasteiger charge is 2.42. The summed E-state index contributed by atoms with van der Waals surface area (Å²) >= 11 is 1.92. The molecule has 2 saturated heterocycles. The predicted molar refractivity (Wildman–Crippen MR) is 140 cm³/mol. The van der Waals surface area contributed by atoms with E-state index in [0.717, 1.165) is 44.3 Å². The summed E-state index contributed by atoms with van der Waals surface area (Å²) in [6.07, 6.45) is 12.7. The Morgan fingerprint density at radius 3 is 2.39 bits per heavy atom. The Hall–Kier alpha value is -0.330. The van der Waals surface area contributed by atoms with E-state index < -0.39 is 0 Å². The summed E-state index contributed by atoms with van der Waals surface area (Å²) in [5, 5.41) is 6.42. The molecular formula is C22H42N4O4S3. The molecule has 11 heteroatoms. The first-order chi connectivity index (χ1) is 16.2. The van der Waals surface area contributed by atoms with Gasteiger partial charge in [-0.05, 0) is 38.5 Å². The van der Waals surface area contributed by atoms with Gasteiger partial charge in [0.2, 0.25) is 5.91 Å². The summed E-state index contributed by atoms with van der Waals surface area (Å²) < 4.78 is 0. The van der Waals surface area contributed by atoms with E-state index in [1.165, 1.54) is 43.6 Å². The van der Waals surface area contributed by atoms with E-state index in [-0.39, 0.29) is 24.0 Å². The third-order valence-electron chi connectivity index (χ3n) is 5.81. The van der Waals surface area contributed by atoms with Crippen molar-refractivity contribution in [2.75, 3.05) is 30.5 Å². The molecule has 2 fully saturated rings. The zero-order valence-electron chi connectivity index (χ0n) is 19.7. The number of nitrogens with one attached hydrogen (secondary N) is 3. The fourth-order valence-electron chi connectivity index (χ4n) is 3.96. The minimum Gasteiger partial charge on any atom is -0.332 e. The Kier molecular flexibility index (Phi) is 16.6. The third kappa shape index (κ3) is 13.4. The maximum Gasteiger partial charge on any atom is 0.315 e. The van der Waals surface area contributed by atoms with Gasteiger partial charge in [0.15, 0.2) is 0 Å². The molecule has 0 bridgehead atoms. The van der Waals surface area contributed by atoms with Crippen molar-refractivity contribution in [3.63, 3.8) is 0 Å². The second kappa shape index (κ2) is 18.9. The van der Waals surface area contributed by atoms with Crippen LogP contribution in [0.3, 0.4) is 0 Å². The molecule has 0 unspecified atom stereocenters. The number of urea groups is 1. The number of hydrogen-bond donors (Lipinski definition) is 4. The van der Waals surface area contributed by atoms with E-state index in [2.05, 4.69) is 21.0 Å². The summed E-state index contributed by atoms with van der Waals surface area (Å²) in [6, 6.07) is 0.470. The van der Waals surface area contributed by atoms with Crippen molar-refractivity contribution in [3.8, 4) is 0 Å². The van der Waals surface area contributed by atoms with Crippen LogP contribution < -0.4 is 22.0 Å². The summed E-state index contributed by atoms with van der Waals surface area (Å²) in [6.45, 7) is 1.25. The van der Waals surface area contributed by atoms with Crippen molar-refractivity contribution < 1.29 is 19.3 Å². The van der Waals surface area contributed by atoms with Crippen molar-refractivity contribution in [2.45, 2.75) is 94.4 Å². The summed E-state index contributed by atoms with van der Waals surface area (Å²) in [5.74, 6) is 8.37. The Morgan fingerprint density at radius 2 is 1.67 bits per heavy atom. The molecule has 192 valence electrons. The van der Waals surface area contributed by atoms with Crippen LogP contribution in [0.5, 0.6) is 0 Å². The van der Waals surface area contributed by atoms with Crippen LogP contribution in [0.2, 0.25) is 0 Å². The molecule has 33 heavy (non-hydrogen) atoms. The van der Waals surface area contributed by atoms with Crippen LogP contribution in [-0.4, -0.2) is 59.7 Å². The molecule has 2 rings (SSSR count). The molecular weight excluding hydrogens is 480 g/mol. The molecule has 2 heterocycles. The Labute approximate surface area is 211 Å². The van der Waals surface area contributed by atoms with Gasteiger partial charge in [-0.25, -0.2) is 16.2 Å². The van der Waals surface area contributed by atoms with Crippen LogP contribution in [0.15, 0.2) is 0 Å². The lowest BCUT2D eigenvalue weighted by Gasteiger charge is -2.16. The van der Waals surface area contributed by atoms with Gasteiger partial charge in [-0.3, -0.25) is 9.63 Å². The zero-order valence-corrected chi connectivity index (χ0v) is 22.1. The molecule has 8 nitrogen and oxygen atoms in total. The number of fused-ring (bicyclic) bond motifs is 1. The summed E-state index contributed by atoms with van der Waals surface area (Å²) in [4.78, 5) is 33.2. The minimum absolute atomic E-state index is 0.0380. The van der Waals surface area contributed by atoms with Gasteiger partial charge in [0.25, 0.3) is 0 Å². The highest BCUT2D eigenvalue weighted by molar-refractivity contribution is 8.76. The highest BCUT2D eigenvalue weighted by Crippen LogP contribution is 2.33. The lowest BCUT2D eigenvalue weighted by Crippen LogP contribution is -2.36. The van der Waals surface area contributed by atoms with E-state index in [4.69, 9.17) is 10.7 Å². The first-order valence-electron chi connectivity index (χ1n) is 12.4. The van der Waals surface area contributed by atoms with Crippen molar-refractivity contribution in [3.05, 3.63) is 0 Å². The van der Waals surface area contributed by atoms with Crippen molar-refractivity contribution in [2.24, 2.45) is 5.90 Å². The Morgan fingerprint density at radius 1 is 0.970 bits per heavy atom. The number of rotatable bonds is 21. The molecule has 0 aromatic heterocycles. The summed E-state index contributed by atoms with van der Waals surface area (Å²) in [5.41, 5.74) is 2.57. The topological polar surface area (TPSA) is 115 Å². The van der Waals surface area contributed by atoms with Gasteiger partial charge in [0, 0.05) is 28.9 Å². The molecule has 3 atom stereocenters. The average molecular weight is 523 g/mol. The number of carbonyl (C=O) groups excluding carboxylic acids is 2. The zero-order chi connectivity index (χ0) is 23.6. The Bertz CT molecular complexity index is 548. The molecule has 0 radical (unpaired) electrons. The lowest BCUT2D eigenvalue weighted by molar-refractivity contribution is -0.133. The number of thioether (sulfide) groups is 1. The quantitative estimate of drug-likeness (QED) is 0.0769. The monoisotopic (exact) mass is 522 g/mol. The maximum atomic E-state index is 11.9. The number of unbranched alkanes of at least 4 members (excludes halogenated alkanes) is 7. The van der Waals surface area contributed by atoms with E-state index in [0.29, 0.717) is 24.9 Å². The van der Waals surface area contributed by atoms with Gasteiger partial charge >= 0.3 is 6.03 Å². The van der Waals surface area contributed by atoms with Crippen LogP contribution in [0.4, 0.5) is 4.79 Å². The molecule has 5 N–H and O–H groups in total. The van der Waals surface area contributed by atoms with Crippen LogP contribution in [0, 0.1) is 0 Å². The van der Waals surface area contributed by atoms with Gasteiger partial charge in [0.05, 0.1) is 25.3 Å². The largest absolute Gasteiger partial charge is 0.332 e. The molecule has 0 aromatic rings. The van der Waals surface area contributed by atoms with E-state index in [1.54, 1.807) is 0 Å². The van der Waals surface area contributed by atoms with Gasteiger partial charge in [0.1, 0.15) is 0 Å². The Balaban J connectivity index is 1.27. The standard InChI is InChI=1S/C22H42N4O4S3/c23-29-13-7-1-3-9-15-32-33-16-10-4-2-8-14-30-26-20(27)12-6-5-11-19-21-18(17-31-19)24-22(28)25-21/h18-19,21H,1-17,23H2,(H,26,27)(H2,24,25,28)/t18-,19-,21-/m0/s1. The SMILES string of the molecule is NOCCCCCCSSCCCCCCONC(=O)CCCC[C@@H]1SC[C@@H]2NC(=O)N[C@@H]21. The predicted octanol–water partition coefficient (Wildman–Crippen LogP) is 4.15. The van der Waals surface area contributed by atoms with Crippen LogP contribution >= 0.6 is 33.3 Å². The first-order valence-corrected chi connectivity index (χ1v) is 15.9. The van der Waals surface area contributed by atoms with Crippen molar-refractivity contribution >= 4 is 45.3 Å². The second-order valence-electron chi connectivity index (χ2n) is 8.58. The smallest absolute Gasteiger partial charge is 0.315 e. The van der Waals surface area contributed by atoms with E-state index >= 15 is 0 Å². The van der Waals surface area contributed by atoms with Crippen molar-refractivity contribution in [1.82, 2.24) is 16.1 Å². The maximum absolute atomic E-state index is 11.9. The van der Waals surface area contributed by atoms with Crippen LogP contribution in [0.1, 0.15) is 77.0 Å². The number of carbonyl (C=O) groups is 2. The number of hydroxylamine groups is 1. The molecule has 0 aliphatic carbocycles. The normalized spacial score (nSPS) is 21.6. The van der Waals surface area contributed by atoms with Crippen molar-refractivity contribution in [1.29, 1.82) is 0 Å². The van der Waals surface area contributed by atoms with E-state index in [9.17, 15) is 9.59 Å². The van der Waals surface area contributed by atoms with Gasteiger partial charge in [-0.2, -0.15) is 11.8 Å². The lowest BCUT2D eigenvalue weighted by atomic mass is 10.0. The van der Waals surface area contributed by atoms with Gasteiger partial charge in [-0.15, -0.1) is 0 Å². The minimum atomic E-state index is -0.0441. The number of nitrogens with two attached hydrogens (primary N) is 1. The van der Waals surface area contributed by atoms with Crippen LogP contribution in [0.25, 0.3) is 0 Å².